The number of hydrogen-bond acceptors (Lipinski definition) is 4. The van der Waals surface area contributed by atoms with Crippen LogP contribution in [0.2, 0.25) is 0 Å². The highest BCUT2D eigenvalue weighted by Crippen LogP contribution is 2.46. The third-order valence-corrected chi connectivity index (χ3v) is 7.89. The van der Waals surface area contributed by atoms with Crippen LogP contribution in [0.4, 0.5) is 0 Å². The van der Waals surface area contributed by atoms with Crippen molar-refractivity contribution in [2.45, 2.75) is 30.6 Å². The van der Waals surface area contributed by atoms with Gasteiger partial charge in [-0.15, -0.1) is 0 Å². The molecule has 3 fully saturated rings. The second-order valence-electron chi connectivity index (χ2n) is 7.83. The van der Waals surface area contributed by atoms with Crippen LogP contribution in [0.1, 0.15) is 25.7 Å². The smallest absolute Gasteiger partial charge is 0.243 e. The van der Waals surface area contributed by atoms with Crippen LogP contribution in [0.5, 0.6) is 0 Å². The average molecular weight is 378 g/mol. The van der Waals surface area contributed by atoms with Crippen molar-refractivity contribution in [1.82, 2.24) is 9.62 Å². The van der Waals surface area contributed by atoms with Crippen molar-refractivity contribution in [2.24, 2.45) is 17.3 Å². The fourth-order valence-electron chi connectivity index (χ4n) is 4.18. The molecule has 0 unspecified atom stereocenters. The average Bonchev–Trinajstić information content (AvgIpc) is 3.42. The lowest BCUT2D eigenvalue weighted by Gasteiger charge is -2.37. The lowest BCUT2D eigenvalue weighted by molar-refractivity contribution is -0.129. The van der Waals surface area contributed by atoms with E-state index < -0.39 is 10.0 Å². The van der Waals surface area contributed by atoms with E-state index in [9.17, 15) is 13.2 Å². The summed E-state index contributed by atoms with van der Waals surface area (Å²) in [6.07, 6.45) is 3.82. The molecule has 1 aliphatic carbocycles. The van der Waals surface area contributed by atoms with E-state index in [1.807, 2.05) is 0 Å². The highest BCUT2D eigenvalue weighted by atomic mass is 32.2. The number of carbonyl (C=O) groups is 1. The third-order valence-electron chi connectivity index (χ3n) is 6.06. The minimum absolute atomic E-state index is 0.00422. The van der Waals surface area contributed by atoms with E-state index in [0.717, 1.165) is 12.8 Å². The van der Waals surface area contributed by atoms with Crippen LogP contribution in [-0.4, -0.2) is 51.5 Å². The summed E-state index contributed by atoms with van der Waals surface area (Å²) in [5.41, 5.74) is -0.312. The highest BCUT2D eigenvalue weighted by Gasteiger charge is 2.53. The Morgan fingerprint density at radius 1 is 1.19 bits per heavy atom. The van der Waals surface area contributed by atoms with Gasteiger partial charge < -0.3 is 10.1 Å². The fourth-order valence-corrected chi connectivity index (χ4v) is 5.76. The van der Waals surface area contributed by atoms with Gasteiger partial charge in [0.2, 0.25) is 15.9 Å². The van der Waals surface area contributed by atoms with Crippen LogP contribution in [0.3, 0.4) is 0 Å². The van der Waals surface area contributed by atoms with E-state index in [4.69, 9.17) is 4.74 Å². The van der Waals surface area contributed by atoms with E-state index in [1.54, 1.807) is 30.3 Å². The second-order valence-corrected chi connectivity index (χ2v) is 9.76. The number of nitrogens with zero attached hydrogens (tertiary/aromatic N) is 1. The van der Waals surface area contributed by atoms with Gasteiger partial charge in [-0.1, -0.05) is 18.2 Å². The Morgan fingerprint density at radius 2 is 1.88 bits per heavy atom. The summed E-state index contributed by atoms with van der Waals surface area (Å²) in [6, 6.07) is 8.50. The Bertz CT molecular complexity index is 755. The maximum atomic E-state index is 13.1. The van der Waals surface area contributed by atoms with E-state index in [1.165, 1.54) is 17.1 Å². The summed E-state index contributed by atoms with van der Waals surface area (Å²) in [5, 5.41) is 3.07. The first kappa shape index (κ1) is 17.9. The maximum absolute atomic E-state index is 13.1. The number of nitrogens with one attached hydrogen (secondary N) is 1. The van der Waals surface area contributed by atoms with Gasteiger partial charge in [0.1, 0.15) is 0 Å². The lowest BCUT2D eigenvalue weighted by Crippen LogP contribution is -2.44. The number of hydrogen-bond donors (Lipinski definition) is 1. The molecular weight excluding hydrogens is 352 g/mol. The van der Waals surface area contributed by atoms with Crippen molar-refractivity contribution in [1.29, 1.82) is 0 Å². The molecule has 2 saturated heterocycles. The van der Waals surface area contributed by atoms with Gasteiger partial charge in [-0.2, -0.15) is 4.31 Å². The van der Waals surface area contributed by atoms with Crippen LogP contribution >= 0.6 is 0 Å². The molecule has 2 heterocycles. The Kier molecular flexibility index (Phi) is 4.79. The second kappa shape index (κ2) is 6.94. The number of amides is 1. The standard InChI is InChI=1S/C19H26N2O4S/c22-18(20-12-15-6-7-15)17-13-21(14-19(17)8-10-25-11-9-19)26(23,24)16-4-2-1-3-5-16/h1-5,15,17H,6-14H2,(H,20,22)/t17-/m0/s1. The summed E-state index contributed by atoms with van der Waals surface area (Å²) in [5.74, 6) is 0.309. The molecule has 6 nitrogen and oxygen atoms in total. The molecule has 2 aliphatic heterocycles. The van der Waals surface area contributed by atoms with Gasteiger partial charge >= 0.3 is 0 Å². The Morgan fingerprint density at radius 3 is 2.54 bits per heavy atom. The molecular formula is C19H26N2O4S. The van der Waals surface area contributed by atoms with Crippen molar-refractivity contribution in [2.75, 3.05) is 32.8 Å². The van der Waals surface area contributed by atoms with Gasteiger partial charge in [0.15, 0.2) is 0 Å². The van der Waals surface area contributed by atoms with Crippen molar-refractivity contribution >= 4 is 15.9 Å². The van der Waals surface area contributed by atoms with Crippen LogP contribution in [0.15, 0.2) is 35.2 Å². The molecule has 1 amide bonds. The molecule has 1 saturated carbocycles. The maximum Gasteiger partial charge on any atom is 0.243 e. The predicted molar refractivity (Wildman–Crippen MR) is 96.9 cm³/mol. The normalized spacial score (nSPS) is 26.1. The van der Waals surface area contributed by atoms with Gasteiger partial charge in [0.05, 0.1) is 10.8 Å². The largest absolute Gasteiger partial charge is 0.381 e. The fraction of sp³-hybridized carbons (Fsp3) is 0.632. The molecule has 1 aromatic rings. The first-order valence-electron chi connectivity index (χ1n) is 9.42. The molecule has 7 heteroatoms. The highest BCUT2D eigenvalue weighted by molar-refractivity contribution is 7.89. The molecule has 4 rings (SSSR count). The van der Waals surface area contributed by atoms with Gasteiger partial charge in [0.25, 0.3) is 0 Å². The quantitative estimate of drug-likeness (QED) is 0.845. The van der Waals surface area contributed by atoms with E-state index >= 15 is 0 Å². The van der Waals surface area contributed by atoms with E-state index in [0.29, 0.717) is 37.1 Å². The minimum atomic E-state index is -3.59. The van der Waals surface area contributed by atoms with Gasteiger partial charge in [-0.3, -0.25) is 4.79 Å². The van der Waals surface area contributed by atoms with Gasteiger partial charge in [0, 0.05) is 38.3 Å². The van der Waals surface area contributed by atoms with Crippen molar-refractivity contribution in [3.63, 3.8) is 0 Å². The van der Waals surface area contributed by atoms with Crippen LogP contribution in [-0.2, 0) is 19.6 Å². The molecule has 0 bridgehead atoms. The Labute approximate surface area is 155 Å². The summed E-state index contributed by atoms with van der Waals surface area (Å²) in [7, 11) is -3.59. The van der Waals surface area contributed by atoms with Gasteiger partial charge in [-0.25, -0.2) is 8.42 Å². The summed E-state index contributed by atoms with van der Waals surface area (Å²) in [4.78, 5) is 13.2. The summed E-state index contributed by atoms with van der Waals surface area (Å²) in [6.45, 7) is 2.55. The molecule has 1 N–H and O–H groups in total. The third kappa shape index (κ3) is 3.40. The molecule has 1 aromatic carbocycles. The molecule has 0 aromatic heterocycles. The van der Waals surface area contributed by atoms with Crippen molar-refractivity contribution in [3.05, 3.63) is 30.3 Å². The minimum Gasteiger partial charge on any atom is -0.381 e. The number of carbonyl (C=O) groups excluding carboxylic acids is 1. The zero-order chi connectivity index (χ0) is 18.2. The first-order chi connectivity index (χ1) is 12.5. The first-order valence-corrected chi connectivity index (χ1v) is 10.9. The number of sulfonamides is 1. The van der Waals surface area contributed by atoms with Crippen LogP contribution in [0.25, 0.3) is 0 Å². The summed E-state index contributed by atoms with van der Waals surface area (Å²) >= 11 is 0. The monoisotopic (exact) mass is 378 g/mol. The van der Waals surface area contributed by atoms with Gasteiger partial charge in [-0.05, 0) is 43.7 Å². The Hall–Kier alpha value is -1.44. The van der Waals surface area contributed by atoms with E-state index in [2.05, 4.69) is 5.32 Å². The molecule has 1 atom stereocenters. The summed E-state index contributed by atoms with van der Waals surface area (Å²) < 4.78 is 33.1. The van der Waals surface area contributed by atoms with E-state index in [-0.39, 0.29) is 23.8 Å². The topological polar surface area (TPSA) is 75.7 Å². The number of benzene rings is 1. The molecule has 1 spiro atoms. The SMILES string of the molecule is O=C(NCC1CC1)[C@@H]1CN(S(=O)(=O)c2ccccc2)CC12CCOCC2. The zero-order valence-electron chi connectivity index (χ0n) is 14.9. The van der Waals surface area contributed by atoms with Crippen molar-refractivity contribution < 1.29 is 17.9 Å². The molecule has 3 aliphatic rings. The van der Waals surface area contributed by atoms with Crippen molar-refractivity contribution in [3.8, 4) is 0 Å². The predicted octanol–water partition coefficient (Wildman–Crippen LogP) is 1.63. The lowest BCUT2D eigenvalue weighted by atomic mass is 9.72. The van der Waals surface area contributed by atoms with Crippen LogP contribution < -0.4 is 5.32 Å². The van der Waals surface area contributed by atoms with Crippen LogP contribution in [0, 0.1) is 17.3 Å². The number of rotatable bonds is 5. The molecule has 0 radical (unpaired) electrons. The Balaban J connectivity index is 1.57. The molecule has 26 heavy (non-hydrogen) atoms. The number of ether oxygens (including phenoxy) is 1. The molecule has 142 valence electrons. The zero-order valence-corrected chi connectivity index (χ0v) is 15.7.